The molecule has 0 unspecified atom stereocenters. The van der Waals surface area contributed by atoms with Crippen molar-refractivity contribution in [2.75, 3.05) is 11.9 Å². The highest BCUT2D eigenvalue weighted by molar-refractivity contribution is 6.34. The molecule has 1 aromatic rings. The maximum absolute atomic E-state index is 11.2. The average Bonchev–Trinajstić information content (AvgIpc) is 2.16. The van der Waals surface area contributed by atoms with E-state index in [1.54, 1.807) is 0 Å². The summed E-state index contributed by atoms with van der Waals surface area (Å²) in [5, 5.41) is 3.84. The number of aryl methyl sites for hydroxylation is 1. The summed E-state index contributed by atoms with van der Waals surface area (Å²) in [6.45, 7) is 2.52. The minimum Gasteiger partial charge on any atom is -0.385 e. The maximum Gasteiger partial charge on any atom is 0.161 e. The molecular formula is C11H12ClNO. The van der Waals surface area contributed by atoms with E-state index in [-0.39, 0.29) is 5.78 Å². The largest absolute Gasteiger partial charge is 0.385 e. The van der Waals surface area contributed by atoms with Crippen LogP contribution in [-0.4, -0.2) is 12.3 Å². The van der Waals surface area contributed by atoms with Crippen LogP contribution in [0.5, 0.6) is 0 Å². The number of ketones is 1. The van der Waals surface area contributed by atoms with Crippen LogP contribution in [0.1, 0.15) is 29.3 Å². The fraction of sp³-hybridized carbons (Fsp3) is 0.364. The van der Waals surface area contributed by atoms with E-state index >= 15 is 0 Å². The molecule has 0 amide bonds. The van der Waals surface area contributed by atoms with Gasteiger partial charge < -0.3 is 5.32 Å². The third-order valence-corrected chi connectivity index (χ3v) is 2.82. The molecule has 0 bridgehead atoms. The number of carbonyl (C=O) groups excluding carboxylic acids is 1. The van der Waals surface area contributed by atoms with Crippen molar-refractivity contribution in [1.82, 2.24) is 0 Å². The van der Waals surface area contributed by atoms with Gasteiger partial charge in [-0.3, -0.25) is 4.79 Å². The molecular weight excluding hydrogens is 198 g/mol. The zero-order valence-corrected chi connectivity index (χ0v) is 8.82. The lowest BCUT2D eigenvalue weighted by atomic mass is 10.00. The Hall–Kier alpha value is -1.02. The normalized spacial score (nSPS) is 14.4. The van der Waals surface area contributed by atoms with Crippen LogP contribution < -0.4 is 5.32 Å². The minimum absolute atomic E-state index is 0.0187. The monoisotopic (exact) mass is 209 g/mol. The van der Waals surface area contributed by atoms with E-state index < -0.39 is 0 Å². The van der Waals surface area contributed by atoms with Gasteiger partial charge in [0.25, 0.3) is 0 Å². The van der Waals surface area contributed by atoms with E-state index in [1.165, 1.54) is 12.5 Å². The lowest BCUT2D eigenvalue weighted by molar-refractivity contribution is 0.101. The van der Waals surface area contributed by atoms with Crippen LogP contribution in [0.25, 0.3) is 0 Å². The fourth-order valence-electron chi connectivity index (χ4n) is 1.76. The van der Waals surface area contributed by atoms with Crippen molar-refractivity contribution < 1.29 is 4.79 Å². The van der Waals surface area contributed by atoms with Crippen molar-refractivity contribution in [2.24, 2.45) is 0 Å². The van der Waals surface area contributed by atoms with E-state index in [0.717, 1.165) is 25.1 Å². The quantitative estimate of drug-likeness (QED) is 0.721. The van der Waals surface area contributed by atoms with Crippen molar-refractivity contribution in [1.29, 1.82) is 0 Å². The summed E-state index contributed by atoms with van der Waals surface area (Å²) in [5.74, 6) is 0.0187. The Kier molecular flexibility index (Phi) is 2.46. The van der Waals surface area contributed by atoms with Gasteiger partial charge in [0.05, 0.1) is 5.02 Å². The molecule has 1 aliphatic heterocycles. The average molecular weight is 210 g/mol. The molecule has 0 saturated heterocycles. The standard InChI is InChI=1S/C11H12ClNO/c1-7(14)9-6-11-8(5-10(9)12)3-2-4-13-11/h5-6,13H,2-4H2,1H3. The first-order valence-electron chi connectivity index (χ1n) is 4.75. The third-order valence-electron chi connectivity index (χ3n) is 2.51. The molecule has 0 saturated carbocycles. The van der Waals surface area contributed by atoms with Crippen LogP contribution >= 0.6 is 11.6 Å². The molecule has 2 rings (SSSR count). The minimum atomic E-state index is 0.0187. The van der Waals surface area contributed by atoms with Crippen molar-refractivity contribution in [3.05, 3.63) is 28.3 Å². The van der Waals surface area contributed by atoms with Gasteiger partial charge >= 0.3 is 0 Å². The van der Waals surface area contributed by atoms with Crippen LogP contribution in [0.15, 0.2) is 12.1 Å². The van der Waals surface area contributed by atoms with Crippen molar-refractivity contribution in [3.63, 3.8) is 0 Å². The zero-order chi connectivity index (χ0) is 10.1. The first-order chi connectivity index (χ1) is 6.68. The molecule has 1 aliphatic rings. The van der Waals surface area contributed by atoms with E-state index in [1.807, 2.05) is 12.1 Å². The molecule has 1 aromatic carbocycles. The highest BCUT2D eigenvalue weighted by atomic mass is 35.5. The first-order valence-corrected chi connectivity index (χ1v) is 5.13. The Morgan fingerprint density at radius 2 is 2.29 bits per heavy atom. The number of Topliss-reactive ketones (excluding diaryl/α,β-unsaturated/α-hetero) is 1. The summed E-state index contributed by atoms with van der Waals surface area (Å²) < 4.78 is 0. The Bertz CT molecular complexity index is 387. The highest BCUT2D eigenvalue weighted by Gasteiger charge is 2.13. The van der Waals surface area contributed by atoms with Crippen LogP contribution in [0.3, 0.4) is 0 Å². The second-order valence-electron chi connectivity index (χ2n) is 3.58. The van der Waals surface area contributed by atoms with Crippen LogP contribution in [0, 0.1) is 0 Å². The Morgan fingerprint density at radius 3 is 3.00 bits per heavy atom. The smallest absolute Gasteiger partial charge is 0.161 e. The molecule has 0 radical (unpaired) electrons. The molecule has 3 heteroatoms. The molecule has 14 heavy (non-hydrogen) atoms. The number of benzene rings is 1. The lowest BCUT2D eigenvalue weighted by Crippen LogP contribution is -2.12. The summed E-state index contributed by atoms with van der Waals surface area (Å²) >= 11 is 6.01. The highest BCUT2D eigenvalue weighted by Crippen LogP contribution is 2.28. The van der Waals surface area contributed by atoms with E-state index in [4.69, 9.17) is 11.6 Å². The van der Waals surface area contributed by atoms with Gasteiger partial charge in [-0.2, -0.15) is 0 Å². The summed E-state index contributed by atoms with van der Waals surface area (Å²) in [6.07, 6.45) is 2.17. The van der Waals surface area contributed by atoms with Gasteiger partial charge in [0, 0.05) is 17.8 Å². The number of fused-ring (bicyclic) bond motifs is 1. The van der Waals surface area contributed by atoms with Crippen LogP contribution in [0.2, 0.25) is 5.02 Å². The number of rotatable bonds is 1. The zero-order valence-electron chi connectivity index (χ0n) is 8.06. The van der Waals surface area contributed by atoms with Gasteiger partial charge in [0.15, 0.2) is 5.78 Å². The molecule has 0 fully saturated rings. The number of hydrogen-bond acceptors (Lipinski definition) is 2. The van der Waals surface area contributed by atoms with Gasteiger partial charge in [0.2, 0.25) is 0 Å². The Balaban J connectivity index is 2.50. The second kappa shape index (κ2) is 3.62. The number of halogens is 1. The van der Waals surface area contributed by atoms with Gasteiger partial charge in [-0.05, 0) is 37.5 Å². The van der Waals surface area contributed by atoms with E-state index in [2.05, 4.69) is 5.32 Å². The molecule has 1 N–H and O–H groups in total. The van der Waals surface area contributed by atoms with Gasteiger partial charge in [0.1, 0.15) is 0 Å². The van der Waals surface area contributed by atoms with Gasteiger partial charge in [-0.15, -0.1) is 0 Å². The summed E-state index contributed by atoms with van der Waals surface area (Å²) in [4.78, 5) is 11.2. The second-order valence-corrected chi connectivity index (χ2v) is 3.98. The number of hydrogen-bond donors (Lipinski definition) is 1. The van der Waals surface area contributed by atoms with Crippen molar-refractivity contribution >= 4 is 23.1 Å². The summed E-state index contributed by atoms with van der Waals surface area (Å²) in [5.41, 5.74) is 2.89. The van der Waals surface area contributed by atoms with Crippen molar-refractivity contribution in [2.45, 2.75) is 19.8 Å². The third kappa shape index (κ3) is 1.62. The van der Waals surface area contributed by atoms with Crippen LogP contribution in [-0.2, 0) is 6.42 Å². The van der Waals surface area contributed by atoms with Crippen molar-refractivity contribution in [3.8, 4) is 0 Å². The number of anilines is 1. The van der Waals surface area contributed by atoms with E-state index in [9.17, 15) is 4.79 Å². The fourth-order valence-corrected chi connectivity index (χ4v) is 2.08. The molecule has 0 aliphatic carbocycles. The molecule has 0 aromatic heterocycles. The Morgan fingerprint density at radius 1 is 1.50 bits per heavy atom. The lowest BCUT2D eigenvalue weighted by Gasteiger charge is -2.19. The topological polar surface area (TPSA) is 29.1 Å². The predicted molar refractivity (Wildman–Crippen MR) is 58.3 cm³/mol. The maximum atomic E-state index is 11.2. The van der Waals surface area contributed by atoms with E-state index in [0.29, 0.717) is 10.6 Å². The summed E-state index contributed by atoms with van der Waals surface area (Å²) in [7, 11) is 0. The first kappa shape index (κ1) is 9.53. The van der Waals surface area contributed by atoms with Crippen LogP contribution in [0.4, 0.5) is 5.69 Å². The molecule has 1 heterocycles. The molecule has 2 nitrogen and oxygen atoms in total. The summed E-state index contributed by atoms with van der Waals surface area (Å²) in [6, 6.07) is 3.76. The molecule has 0 atom stereocenters. The predicted octanol–water partition coefficient (Wildman–Crippen LogP) is 2.90. The molecule has 74 valence electrons. The van der Waals surface area contributed by atoms with Gasteiger partial charge in [-0.1, -0.05) is 11.6 Å². The molecule has 0 spiro atoms. The van der Waals surface area contributed by atoms with Gasteiger partial charge in [-0.25, -0.2) is 0 Å². The Labute approximate surface area is 88.3 Å². The number of carbonyl (C=O) groups is 1. The number of nitrogens with one attached hydrogen (secondary N) is 1. The SMILES string of the molecule is CC(=O)c1cc2c(cc1Cl)CCCN2.